The molecular formula is C17H32O4. The molecule has 0 spiro atoms. The standard InChI is InChI=1S/C17H32O4/c1-3-4-5-6-7-8-9-10-11-12-15-16(21-15)17(19)20-13-14(2)18/h14-16,18H,3-13H2,1-2H3. The minimum atomic E-state index is -0.608. The van der Waals surface area contributed by atoms with Crippen molar-refractivity contribution in [1.29, 1.82) is 0 Å². The first-order valence-corrected chi connectivity index (χ1v) is 8.65. The van der Waals surface area contributed by atoms with Crippen molar-refractivity contribution in [2.24, 2.45) is 0 Å². The van der Waals surface area contributed by atoms with Gasteiger partial charge in [-0.2, -0.15) is 0 Å². The maximum Gasteiger partial charge on any atom is 0.338 e. The molecule has 0 saturated carbocycles. The van der Waals surface area contributed by atoms with Crippen molar-refractivity contribution < 1.29 is 19.4 Å². The molecule has 1 N–H and O–H groups in total. The second-order valence-electron chi connectivity index (χ2n) is 6.19. The lowest BCUT2D eigenvalue weighted by atomic mass is 10.1. The summed E-state index contributed by atoms with van der Waals surface area (Å²) in [5.74, 6) is -0.322. The van der Waals surface area contributed by atoms with E-state index in [1.807, 2.05) is 0 Å². The summed E-state index contributed by atoms with van der Waals surface area (Å²) < 4.78 is 10.3. The van der Waals surface area contributed by atoms with Gasteiger partial charge in [-0.25, -0.2) is 4.79 Å². The molecule has 1 heterocycles. The van der Waals surface area contributed by atoms with Crippen LogP contribution >= 0.6 is 0 Å². The molecule has 1 aliphatic rings. The second-order valence-corrected chi connectivity index (χ2v) is 6.19. The van der Waals surface area contributed by atoms with E-state index in [0.29, 0.717) is 0 Å². The number of ether oxygens (including phenoxy) is 2. The number of epoxide rings is 1. The zero-order valence-corrected chi connectivity index (χ0v) is 13.7. The topological polar surface area (TPSA) is 59.1 Å². The summed E-state index contributed by atoms with van der Waals surface area (Å²) in [7, 11) is 0. The van der Waals surface area contributed by atoms with E-state index in [1.165, 1.54) is 51.4 Å². The van der Waals surface area contributed by atoms with Gasteiger partial charge in [-0.05, 0) is 13.3 Å². The molecule has 3 atom stereocenters. The Morgan fingerprint density at radius 2 is 1.67 bits per heavy atom. The lowest BCUT2D eigenvalue weighted by Crippen LogP contribution is -2.20. The molecule has 1 saturated heterocycles. The van der Waals surface area contributed by atoms with Crippen LogP contribution in [0, 0.1) is 0 Å². The fourth-order valence-corrected chi connectivity index (χ4v) is 2.51. The van der Waals surface area contributed by atoms with Crippen LogP contribution in [0.3, 0.4) is 0 Å². The van der Waals surface area contributed by atoms with Gasteiger partial charge in [-0.1, -0.05) is 64.7 Å². The molecule has 1 aliphatic heterocycles. The monoisotopic (exact) mass is 300 g/mol. The van der Waals surface area contributed by atoms with Crippen molar-refractivity contribution in [3.8, 4) is 0 Å². The number of rotatable bonds is 13. The molecule has 0 amide bonds. The van der Waals surface area contributed by atoms with Crippen LogP contribution in [0.2, 0.25) is 0 Å². The normalized spacial score (nSPS) is 22.0. The van der Waals surface area contributed by atoms with Crippen molar-refractivity contribution in [3.05, 3.63) is 0 Å². The summed E-state index contributed by atoms with van der Waals surface area (Å²) in [4.78, 5) is 11.5. The van der Waals surface area contributed by atoms with Gasteiger partial charge in [-0.3, -0.25) is 0 Å². The fourth-order valence-electron chi connectivity index (χ4n) is 2.51. The first-order valence-electron chi connectivity index (χ1n) is 8.65. The molecular weight excluding hydrogens is 268 g/mol. The highest BCUT2D eigenvalue weighted by Crippen LogP contribution is 2.28. The van der Waals surface area contributed by atoms with Gasteiger partial charge in [-0.15, -0.1) is 0 Å². The SMILES string of the molecule is CCCCCCCCCCCC1OC1C(=O)OCC(C)O. The summed E-state index contributed by atoms with van der Waals surface area (Å²) in [6.07, 6.45) is 11.8. The molecule has 1 rings (SSSR count). The lowest BCUT2D eigenvalue weighted by molar-refractivity contribution is -0.147. The van der Waals surface area contributed by atoms with Crippen LogP contribution in [0.4, 0.5) is 0 Å². The fraction of sp³-hybridized carbons (Fsp3) is 0.941. The maximum atomic E-state index is 11.5. The van der Waals surface area contributed by atoms with E-state index in [4.69, 9.17) is 14.6 Å². The predicted octanol–water partition coefficient (Wildman–Crippen LogP) is 3.60. The summed E-state index contributed by atoms with van der Waals surface area (Å²) in [5, 5.41) is 9.04. The number of carbonyl (C=O) groups excluding carboxylic acids is 1. The molecule has 0 aromatic carbocycles. The second kappa shape index (κ2) is 11.0. The molecule has 0 aromatic rings. The maximum absolute atomic E-state index is 11.5. The molecule has 1 fully saturated rings. The third kappa shape index (κ3) is 9.10. The van der Waals surface area contributed by atoms with Crippen molar-refractivity contribution >= 4 is 5.97 Å². The number of aliphatic hydroxyl groups is 1. The van der Waals surface area contributed by atoms with Crippen molar-refractivity contribution in [3.63, 3.8) is 0 Å². The Kier molecular flexibility index (Phi) is 9.68. The lowest BCUT2D eigenvalue weighted by Gasteiger charge is -2.04. The molecule has 21 heavy (non-hydrogen) atoms. The van der Waals surface area contributed by atoms with Gasteiger partial charge in [0, 0.05) is 0 Å². The number of hydrogen-bond donors (Lipinski definition) is 1. The quantitative estimate of drug-likeness (QED) is 0.321. The Balaban J connectivity index is 1.86. The van der Waals surface area contributed by atoms with E-state index in [-0.39, 0.29) is 24.8 Å². The Labute approximate surface area is 129 Å². The minimum Gasteiger partial charge on any atom is -0.461 e. The summed E-state index contributed by atoms with van der Waals surface area (Å²) in [6.45, 7) is 3.90. The van der Waals surface area contributed by atoms with Gasteiger partial charge in [0.25, 0.3) is 0 Å². The van der Waals surface area contributed by atoms with Crippen LogP contribution in [0.25, 0.3) is 0 Å². The van der Waals surface area contributed by atoms with Crippen LogP contribution in [0.15, 0.2) is 0 Å². The molecule has 4 nitrogen and oxygen atoms in total. The average Bonchev–Trinajstić information content (AvgIpc) is 3.22. The van der Waals surface area contributed by atoms with Crippen molar-refractivity contribution in [1.82, 2.24) is 0 Å². The number of hydrogen-bond acceptors (Lipinski definition) is 4. The van der Waals surface area contributed by atoms with Crippen LogP contribution in [-0.4, -0.2) is 36.0 Å². The smallest absolute Gasteiger partial charge is 0.338 e. The number of aliphatic hydroxyl groups excluding tert-OH is 1. The average molecular weight is 300 g/mol. The summed E-state index contributed by atoms with van der Waals surface area (Å²) in [6, 6.07) is 0. The van der Waals surface area contributed by atoms with Gasteiger partial charge in [0.15, 0.2) is 6.10 Å². The highest BCUT2D eigenvalue weighted by atomic mass is 16.6. The van der Waals surface area contributed by atoms with Crippen LogP contribution in [0.5, 0.6) is 0 Å². The molecule has 124 valence electrons. The van der Waals surface area contributed by atoms with E-state index in [0.717, 1.165) is 12.8 Å². The van der Waals surface area contributed by atoms with E-state index in [2.05, 4.69) is 6.92 Å². The zero-order valence-electron chi connectivity index (χ0n) is 13.7. The molecule has 0 aliphatic carbocycles. The Morgan fingerprint density at radius 3 is 2.24 bits per heavy atom. The number of esters is 1. The van der Waals surface area contributed by atoms with Crippen LogP contribution < -0.4 is 0 Å². The zero-order chi connectivity index (χ0) is 15.5. The number of unbranched alkanes of at least 4 members (excludes halogenated alkanes) is 8. The highest BCUT2D eigenvalue weighted by Gasteiger charge is 2.45. The Bertz CT molecular complexity index is 278. The summed E-state index contributed by atoms with van der Waals surface area (Å²) >= 11 is 0. The van der Waals surface area contributed by atoms with Crippen molar-refractivity contribution in [2.45, 2.75) is 96.4 Å². The third-order valence-electron chi connectivity index (χ3n) is 3.87. The first kappa shape index (κ1) is 18.4. The molecule has 0 aromatic heterocycles. The molecule has 4 heteroatoms. The van der Waals surface area contributed by atoms with E-state index < -0.39 is 6.10 Å². The largest absolute Gasteiger partial charge is 0.461 e. The van der Waals surface area contributed by atoms with Crippen LogP contribution in [-0.2, 0) is 14.3 Å². The van der Waals surface area contributed by atoms with Gasteiger partial charge in [0.2, 0.25) is 0 Å². The minimum absolute atomic E-state index is 0.0519. The van der Waals surface area contributed by atoms with E-state index >= 15 is 0 Å². The van der Waals surface area contributed by atoms with E-state index in [1.54, 1.807) is 6.92 Å². The van der Waals surface area contributed by atoms with Gasteiger partial charge in [0.05, 0.1) is 12.2 Å². The Morgan fingerprint density at radius 1 is 1.10 bits per heavy atom. The third-order valence-corrected chi connectivity index (χ3v) is 3.87. The molecule has 0 bridgehead atoms. The molecule has 0 radical (unpaired) electrons. The van der Waals surface area contributed by atoms with Crippen molar-refractivity contribution in [2.75, 3.05) is 6.61 Å². The number of carbonyl (C=O) groups is 1. The van der Waals surface area contributed by atoms with Crippen LogP contribution in [0.1, 0.15) is 78.1 Å². The van der Waals surface area contributed by atoms with Gasteiger partial charge in [0.1, 0.15) is 6.61 Å². The van der Waals surface area contributed by atoms with Gasteiger partial charge < -0.3 is 14.6 Å². The first-order chi connectivity index (χ1) is 10.1. The predicted molar refractivity (Wildman–Crippen MR) is 83.1 cm³/mol. The Hall–Kier alpha value is -0.610. The summed E-state index contributed by atoms with van der Waals surface area (Å²) in [5.41, 5.74) is 0. The molecule has 3 unspecified atom stereocenters. The highest BCUT2D eigenvalue weighted by molar-refractivity contribution is 5.77. The van der Waals surface area contributed by atoms with E-state index in [9.17, 15) is 4.79 Å². The van der Waals surface area contributed by atoms with Gasteiger partial charge >= 0.3 is 5.97 Å².